The van der Waals surface area contributed by atoms with Crippen LogP contribution in [0.15, 0.2) is 11.1 Å². The fourth-order valence-electron chi connectivity index (χ4n) is 0.905. The molecule has 0 aliphatic carbocycles. The van der Waals surface area contributed by atoms with E-state index in [1.165, 1.54) is 10.9 Å². The molecule has 0 radical (unpaired) electrons. The maximum absolute atomic E-state index is 11.3. The highest BCUT2D eigenvalue weighted by atomic mass is 32.2. The van der Waals surface area contributed by atoms with Crippen LogP contribution in [0, 0.1) is 6.92 Å². The topological polar surface area (TPSA) is 84.2 Å². The lowest BCUT2D eigenvalue weighted by Crippen LogP contribution is -2.24. The van der Waals surface area contributed by atoms with Gasteiger partial charge >= 0.3 is 0 Å². The molecule has 0 aliphatic heterocycles. The summed E-state index contributed by atoms with van der Waals surface area (Å²) in [4.78, 5) is 0.0871. The summed E-state index contributed by atoms with van der Waals surface area (Å²) in [7, 11) is -1.96. The molecule has 0 amide bonds. The number of aliphatic hydroxyl groups is 1. The Balaban J connectivity index is 3.15. The van der Waals surface area contributed by atoms with Crippen molar-refractivity contribution in [3.63, 3.8) is 0 Å². The standard InChI is InChI=1S/C6H11N3O3S/c1-5-6(3-7-9(5)2)13(11,12)8-4-10/h3,8,10H,4H2,1-2H3. The molecule has 1 aromatic heterocycles. The van der Waals surface area contributed by atoms with Gasteiger partial charge in [-0.15, -0.1) is 0 Å². The van der Waals surface area contributed by atoms with Gasteiger partial charge in [-0.25, -0.2) is 8.42 Å². The molecule has 0 aliphatic rings. The molecular weight excluding hydrogens is 194 g/mol. The normalized spacial score (nSPS) is 11.9. The summed E-state index contributed by atoms with van der Waals surface area (Å²) in [5, 5.41) is 12.2. The smallest absolute Gasteiger partial charge is 0.245 e. The molecule has 0 unspecified atom stereocenters. The molecule has 74 valence electrons. The van der Waals surface area contributed by atoms with Gasteiger partial charge in [0.25, 0.3) is 0 Å². The van der Waals surface area contributed by atoms with Crippen molar-refractivity contribution in [2.45, 2.75) is 11.8 Å². The first-order valence-corrected chi connectivity index (χ1v) is 5.06. The van der Waals surface area contributed by atoms with Crippen molar-refractivity contribution in [1.29, 1.82) is 0 Å². The zero-order chi connectivity index (χ0) is 10.1. The number of hydrogen-bond acceptors (Lipinski definition) is 4. The van der Waals surface area contributed by atoms with Crippen LogP contribution in [-0.2, 0) is 17.1 Å². The fraction of sp³-hybridized carbons (Fsp3) is 0.500. The third-order valence-electron chi connectivity index (χ3n) is 1.73. The third-order valence-corrected chi connectivity index (χ3v) is 3.22. The highest BCUT2D eigenvalue weighted by Gasteiger charge is 2.18. The van der Waals surface area contributed by atoms with Crippen LogP contribution in [0.5, 0.6) is 0 Å². The Morgan fingerprint density at radius 3 is 2.69 bits per heavy atom. The zero-order valence-corrected chi connectivity index (χ0v) is 8.17. The Labute approximate surface area is 76.2 Å². The Hall–Kier alpha value is -0.920. The third kappa shape index (κ3) is 1.87. The van der Waals surface area contributed by atoms with Crippen molar-refractivity contribution >= 4 is 10.0 Å². The van der Waals surface area contributed by atoms with Crippen LogP contribution in [0.25, 0.3) is 0 Å². The first-order chi connectivity index (χ1) is 5.99. The first kappa shape index (κ1) is 10.2. The number of hydrogen-bond donors (Lipinski definition) is 2. The second-order valence-electron chi connectivity index (χ2n) is 2.52. The van der Waals surface area contributed by atoms with Crippen molar-refractivity contribution < 1.29 is 13.5 Å². The molecule has 1 aromatic rings. The van der Waals surface area contributed by atoms with Crippen LogP contribution < -0.4 is 4.72 Å². The van der Waals surface area contributed by atoms with Crippen LogP contribution in [0.1, 0.15) is 5.69 Å². The second-order valence-corrected chi connectivity index (χ2v) is 4.26. The summed E-state index contributed by atoms with van der Waals surface area (Å²) in [5.41, 5.74) is 0.529. The number of aliphatic hydroxyl groups excluding tert-OH is 1. The summed E-state index contributed by atoms with van der Waals surface area (Å²) in [6.07, 6.45) is 1.24. The fourth-order valence-corrected chi connectivity index (χ4v) is 1.94. The lowest BCUT2D eigenvalue weighted by Gasteiger charge is -2.02. The molecule has 0 saturated carbocycles. The number of sulfonamides is 1. The Morgan fingerprint density at radius 1 is 1.69 bits per heavy atom. The average Bonchev–Trinajstić information content (AvgIpc) is 2.33. The van der Waals surface area contributed by atoms with Crippen molar-refractivity contribution in [2.75, 3.05) is 6.73 Å². The van der Waals surface area contributed by atoms with E-state index in [0.717, 1.165) is 0 Å². The zero-order valence-electron chi connectivity index (χ0n) is 7.35. The lowest BCUT2D eigenvalue weighted by atomic mass is 10.5. The SMILES string of the molecule is Cc1c(S(=O)(=O)NCO)cnn1C. The number of aryl methyl sites for hydroxylation is 1. The van der Waals surface area contributed by atoms with Gasteiger partial charge in [0.05, 0.1) is 11.9 Å². The molecule has 13 heavy (non-hydrogen) atoms. The summed E-state index contributed by atoms with van der Waals surface area (Å²) < 4.78 is 26.1. The number of rotatable bonds is 3. The summed E-state index contributed by atoms with van der Waals surface area (Å²) in [5.74, 6) is 0. The van der Waals surface area contributed by atoms with Gasteiger partial charge in [-0.2, -0.15) is 9.82 Å². The molecule has 1 heterocycles. The minimum Gasteiger partial charge on any atom is -0.380 e. The lowest BCUT2D eigenvalue weighted by molar-refractivity contribution is 0.288. The van der Waals surface area contributed by atoms with Gasteiger partial charge in [-0.1, -0.05) is 0 Å². The van der Waals surface area contributed by atoms with Gasteiger partial charge in [-0.3, -0.25) is 4.68 Å². The van der Waals surface area contributed by atoms with Gasteiger partial charge in [0.1, 0.15) is 11.6 Å². The quantitative estimate of drug-likeness (QED) is 0.617. The molecule has 0 spiro atoms. The molecule has 1 rings (SSSR count). The van der Waals surface area contributed by atoms with Gasteiger partial charge in [0.15, 0.2) is 0 Å². The highest BCUT2D eigenvalue weighted by Crippen LogP contribution is 2.11. The van der Waals surface area contributed by atoms with E-state index >= 15 is 0 Å². The number of nitrogens with zero attached hydrogens (tertiary/aromatic N) is 2. The van der Waals surface area contributed by atoms with E-state index in [1.807, 2.05) is 4.72 Å². The van der Waals surface area contributed by atoms with Crippen LogP contribution in [-0.4, -0.2) is 30.0 Å². The highest BCUT2D eigenvalue weighted by molar-refractivity contribution is 7.89. The van der Waals surface area contributed by atoms with Crippen LogP contribution >= 0.6 is 0 Å². The van der Waals surface area contributed by atoms with Crippen molar-refractivity contribution in [1.82, 2.24) is 14.5 Å². The molecule has 0 fully saturated rings. The van der Waals surface area contributed by atoms with E-state index in [1.54, 1.807) is 14.0 Å². The van der Waals surface area contributed by atoms with Crippen molar-refractivity contribution in [3.8, 4) is 0 Å². The van der Waals surface area contributed by atoms with Crippen LogP contribution in [0.3, 0.4) is 0 Å². The Morgan fingerprint density at radius 2 is 2.31 bits per heavy atom. The summed E-state index contributed by atoms with van der Waals surface area (Å²) in [6.45, 7) is 1.02. The van der Waals surface area contributed by atoms with Gasteiger partial charge in [0.2, 0.25) is 10.0 Å². The average molecular weight is 205 g/mol. The number of nitrogens with one attached hydrogen (secondary N) is 1. The van der Waals surface area contributed by atoms with Gasteiger partial charge < -0.3 is 5.11 Å². The van der Waals surface area contributed by atoms with E-state index in [-0.39, 0.29) is 4.90 Å². The minimum absolute atomic E-state index is 0.0871. The largest absolute Gasteiger partial charge is 0.380 e. The van der Waals surface area contributed by atoms with Crippen molar-refractivity contribution in [2.24, 2.45) is 7.05 Å². The van der Waals surface area contributed by atoms with E-state index in [0.29, 0.717) is 5.69 Å². The molecule has 0 bridgehead atoms. The Kier molecular flexibility index (Phi) is 2.69. The monoisotopic (exact) mass is 205 g/mol. The van der Waals surface area contributed by atoms with Gasteiger partial charge in [-0.05, 0) is 6.92 Å². The van der Waals surface area contributed by atoms with E-state index in [2.05, 4.69) is 5.10 Å². The maximum atomic E-state index is 11.3. The summed E-state index contributed by atoms with van der Waals surface area (Å²) >= 11 is 0. The van der Waals surface area contributed by atoms with Crippen LogP contribution in [0.2, 0.25) is 0 Å². The van der Waals surface area contributed by atoms with E-state index in [9.17, 15) is 8.42 Å². The molecule has 6 nitrogen and oxygen atoms in total. The van der Waals surface area contributed by atoms with Crippen LogP contribution in [0.4, 0.5) is 0 Å². The first-order valence-electron chi connectivity index (χ1n) is 3.58. The van der Waals surface area contributed by atoms with E-state index in [4.69, 9.17) is 5.11 Å². The van der Waals surface area contributed by atoms with Gasteiger partial charge in [0, 0.05) is 7.05 Å². The minimum atomic E-state index is -3.60. The molecule has 0 aromatic carbocycles. The predicted octanol–water partition coefficient (Wildman–Crippen LogP) is -1.04. The molecular formula is C6H11N3O3S. The maximum Gasteiger partial charge on any atom is 0.245 e. The molecule has 0 saturated heterocycles. The van der Waals surface area contributed by atoms with Crippen molar-refractivity contribution in [3.05, 3.63) is 11.9 Å². The molecule has 7 heteroatoms. The molecule has 2 N–H and O–H groups in total. The second kappa shape index (κ2) is 3.44. The Bertz CT molecular complexity index is 395. The number of aromatic nitrogens is 2. The predicted molar refractivity (Wildman–Crippen MR) is 45.4 cm³/mol. The van der Waals surface area contributed by atoms with E-state index < -0.39 is 16.8 Å². The molecule has 0 atom stereocenters. The summed E-state index contributed by atoms with van der Waals surface area (Å²) in [6, 6.07) is 0.